The average molecular weight is 284 g/mol. The maximum Gasteiger partial charge on any atom is 0.293 e. The molecule has 2 aromatic rings. The molecule has 0 unspecified atom stereocenters. The Morgan fingerprint density at radius 2 is 1.71 bits per heavy atom. The van der Waals surface area contributed by atoms with Gasteiger partial charge in [0.15, 0.2) is 5.78 Å². The molecule has 0 aliphatic rings. The topological polar surface area (TPSA) is 89.3 Å². The number of hydrogen-bond donors (Lipinski definition) is 1. The van der Waals surface area contributed by atoms with Crippen molar-refractivity contribution >= 4 is 23.1 Å². The molecule has 0 atom stereocenters. The highest BCUT2D eigenvalue weighted by atomic mass is 16.6. The fourth-order valence-corrected chi connectivity index (χ4v) is 1.88. The molecule has 6 nitrogen and oxygen atoms in total. The molecule has 1 amide bonds. The highest BCUT2D eigenvalue weighted by Gasteiger charge is 2.18. The summed E-state index contributed by atoms with van der Waals surface area (Å²) in [5.41, 5.74) is 0.394. The molecule has 2 aromatic carbocycles. The molecule has 0 radical (unpaired) electrons. The molecule has 6 heteroatoms. The van der Waals surface area contributed by atoms with E-state index in [-0.39, 0.29) is 22.7 Å². The summed E-state index contributed by atoms with van der Waals surface area (Å²) in [5, 5.41) is 13.4. The highest BCUT2D eigenvalue weighted by Crippen LogP contribution is 2.26. The van der Waals surface area contributed by atoms with Crippen molar-refractivity contribution in [2.75, 3.05) is 5.32 Å². The van der Waals surface area contributed by atoms with E-state index in [1.807, 2.05) is 0 Å². The number of nitro benzene ring substituents is 1. The lowest BCUT2D eigenvalue weighted by Crippen LogP contribution is -2.09. The van der Waals surface area contributed by atoms with E-state index in [1.54, 1.807) is 30.3 Å². The number of anilines is 1. The van der Waals surface area contributed by atoms with E-state index >= 15 is 0 Å². The molecule has 0 aliphatic heterocycles. The summed E-state index contributed by atoms with van der Waals surface area (Å²) in [7, 11) is 0. The zero-order chi connectivity index (χ0) is 15.4. The monoisotopic (exact) mass is 284 g/mol. The van der Waals surface area contributed by atoms with Gasteiger partial charge < -0.3 is 5.32 Å². The van der Waals surface area contributed by atoms with Crippen molar-refractivity contribution in [1.29, 1.82) is 0 Å². The molecule has 106 valence electrons. The molecule has 1 N–H and O–H groups in total. The summed E-state index contributed by atoms with van der Waals surface area (Å²) in [5.74, 6) is -0.728. The van der Waals surface area contributed by atoms with Crippen molar-refractivity contribution < 1.29 is 14.5 Å². The SMILES string of the molecule is CC(=O)Nc1ccc(C(=O)c2ccccc2)cc1[N+](=O)[O-]. The van der Waals surface area contributed by atoms with Gasteiger partial charge in [-0.3, -0.25) is 19.7 Å². The molecule has 0 heterocycles. The molecule has 0 spiro atoms. The molecule has 2 rings (SSSR count). The van der Waals surface area contributed by atoms with Gasteiger partial charge in [0.05, 0.1) is 4.92 Å². The van der Waals surface area contributed by atoms with Gasteiger partial charge in [-0.05, 0) is 12.1 Å². The van der Waals surface area contributed by atoms with Crippen LogP contribution >= 0.6 is 0 Å². The Morgan fingerprint density at radius 3 is 2.29 bits per heavy atom. The van der Waals surface area contributed by atoms with Crippen LogP contribution in [-0.2, 0) is 4.79 Å². The second-order valence-electron chi connectivity index (χ2n) is 4.37. The largest absolute Gasteiger partial charge is 0.321 e. The van der Waals surface area contributed by atoms with Crippen LogP contribution in [0.4, 0.5) is 11.4 Å². The van der Waals surface area contributed by atoms with E-state index in [0.717, 1.165) is 0 Å². The number of ketones is 1. The minimum Gasteiger partial charge on any atom is -0.321 e. The van der Waals surface area contributed by atoms with Crippen LogP contribution in [0.15, 0.2) is 48.5 Å². The Labute approximate surface area is 120 Å². The van der Waals surface area contributed by atoms with Crippen molar-refractivity contribution in [3.8, 4) is 0 Å². The summed E-state index contributed by atoms with van der Waals surface area (Å²) < 4.78 is 0. The summed E-state index contributed by atoms with van der Waals surface area (Å²) in [4.78, 5) is 33.7. The van der Waals surface area contributed by atoms with E-state index in [0.29, 0.717) is 5.56 Å². The number of nitrogens with zero attached hydrogens (tertiary/aromatic N) is 1. The zero-order valence-electron chi connectivity index (χ0n) is 11.2. The number of carbonyl (C=O) groups is 2. The second-order valence-corrected chi connectivity index (χ2v) is 4.37. The van der Waals surface area contributed by atoms with Crippen LogP contribution in [0.3, 0.4) is 0 Å². The third kappa shape index (κ3) is 3.30. The standard InChI is InChI=1S/C15H12N2O4/c1-10(18)16-13-8-7-12(9-14(13)17(20)21)15(19)11-5-3-2-4-6-11/h2-9H,1H3,(H,16,18). The summed E-state index contributed by atoms with van der Waals surface area (Å²) in [6.07, 6.45) is 0. The van der Waals surface area contributed by atoms with Gasteiger partial charge in [-0.25, -0.2) is 0 Å². The van der Waals surface area contributed by atoms with Gasteiger partial charge in [0.25, 0.3) is 5.69 Å². The van der Waals surface area contributed by atoms with E-state index < -0.39 is 10.8 Å². The van der Waals surface area contributed by atoms with Crippen LogP contribution in [0, 0.1) is 10.1 Å². The number of carbonyl (C=O) groups excluding carboxylic acids is 2. The normalized spacial score (nSPS) is 9.95. The Morgan fingerprint density at radius 1 is 1.05 bits per heavy atom. The number of rotatable bonds is 4. The first-order valence-corrected chi connectivity index (χ1v) is 6.15. The average Bonchev–Trinajstić information content (AvgIpc) is 2.47. The van der Waals surface area contributed by atoms with Crippen molar-refractivity contribution in [2.45, 2.75) is 6.92 Å². The van der Waals surface area contributed by atoms with Gasteiger partial charge >= 0.3 is 0 Å². The van der Waals surface area contributed by atoms with Crippen LogP contribution in [-0.4, -0.2) is 16.6 Å². The van der Waals surface area contributed by atoms with Crippen molar-refractivity contribution in [3.63, 3.8) is 0 Å². The Bertz CT molecular complexity index is 711. The Balaban J connectivity index is 2.43. The number of nitrogens with one attached hydrogen (secondary N) is 1. The smallest absolute Gasteiger partial charge is 0.293 e. The maximum absolute atomic E-state index is 12.2. The zero-order valence-corrected chi connectivity index (χ0v) is 11.2. The summed E-state index contributed by atoms with van der Waals surface area (Å²) >= 11 is 0. The fraction of sp³-hybridized carbons (Fsp3) is 0.0667. The molecular formula is C15H12N2O4. The molecule has 0 saturated carbocycles. The minimum atomic E-state index is -0.632. The molecule has 0 fully saturated rings. The first-order chi connectivity index (χ1) is 9.99. The van der Waals surface area contributed by atoms with Crippen LogP contribution in [0.1, 0.15) is 22.8 Å². The van der Waals surface area contributed by atoms with Crippen molar-refractivity contribution in [2.24, 2.45) is 0 Å². The number of benzene rings is 2. The first kappa shape index (κ1) is 14.4. The van der Waals surface area contributed by atoms with Crippen LogP contribution in [0.2, 0.25) is 0 Å². The predicted octanol–water partition coefficient (Wildman–Crippen LogP) is 2.78. The third-order valence-corrected chi connectivity index (χ3v) is 2.80. The lowest BCUT2D eigenvalue weighted by molar-refractivity contribution is -0.383. The van der Waals surface area contributed by atoms with Gasteiger partial charge in [-0.1, -0.05) is 30.3 Å². The van der Waals surface area contributed by atoms with Gasteiger partial charge in [0, 0.05) is 24.1 Å². The lowest BCUT2D eigenvalue weighted by atomic mass is 10.0. The molecule has 0 bridgehead atoms. The maximum atomic E-state index is 12.2. The molecule has 0 saturated heterocycles. The molecule has 21 heavy (non-hydrogen) atoms. The van der Waals surface area contributed by atoms with Crippen LogP contribution in [0.25, 0.3) is 0 Å². The van der Waals surface area contributed by atoms with Gasteiger partial charge in [-0.2, -0.15) is 0 Å². The third-order valence-electron chi connectivity index (χ3n) is 2.80. The van der Waals surface area contributed by atoms with Gasteiger partial charge in [-0.15, -0.1) is 0 Å². The fourth-order valence-electron chi connectivity index (χ4n) is 1.88. The summed E-state index contributed by atoms with van der Waals surface area (Å²) in [6.45, 7) is 1.26. The molecule has 0 aliphatic carbocycles. The van der Waals surface area contributed by atoms with E-state index in [1.165, 1.54) is 25.1 Å². The number of nitro groups is 1. The van der Waals surface area contributed by atoms with Gasteiger partial charge in [0.2, 0.25) is 5.91 Å². The Kier molecular flexibility index (Phi) is 4.08. The van der Waals surface area contributed by atoms with Crippen molar-refractivity contribution in [1.82, 2.24) is 0 Å². The van der Waals surface area contributed by atoms with Crippen LogP contribution < -0.4 is 5.32 Å². The van der Waals surface area contributed by atoms with E-state index in [4.69, 9.17) is 0 Å². The number of hydrogen-bond acceptors (Lipinski definition) is 4. The first-order valence-electron chi connectivity index (χ1n) is 6.15. The van der Waals surface area contributed by atoms with Gasteiger partial charge in [0.1, 0.15) is 5.69 Å². The minimum absolute atomic E-state index is 0.0668. The van der Waals surface area contributed by atoms with E-state index in [9.17, 15) is 19.7 Å². The predicted molar refractivity (Wildman–Crippen MR) is 77.3 cm³/mol. The second kappa shape index (κ2) is 5.96. The summed E-state index contributed by atoms with van der Waals surface area (Å²) in [6, 6.07) is 12.5. The highest BCUT2D eigenvalue weighted by molar-refractivity contribution is 6.09. The molecular weight excluding hydrogens is 272 g/mol. The lowest BCUT2D eigenvalue weighted by Gasteiger charge is -2.06. The van der Waals surface area contributed by atoms with Crippen molar-refractivity contribution in [3.05, 3.63) is 69.8 Å². The number of amides is 1. The quantitative estimate of drug-likeness (QED) is 0.531. The van der Waals surface area contributed by atoms with E-state index in [2.05, 4.69) is 5.32 Å². The molecule has 0 aromatic heterocycles. The van der Waals surface area contributed by atoms with Crippen LogP contribution in [0.5, 0.6) is 0 Å². The Hall–Kier alpha value is -3.02.